The number of anilines is 2. The van der Waals surface area contributed by atoms with E-state index >= 15 is 0 Å². The molecule has 1 fully saturated rings. The number of rotatable bonds is 4. The number of aromatic nitrogens is 4. The van der Waals surface area contributed by atoms with E-state index in [1.54, 1.807) is 12.5 Å². The molecule has 0 atom stereocenters. The van der Waals surface area contributed by atoms with E-state index in [4.69, 9.17) is 0 Å². The fourth-order valence-electron chi connectivity index (χ4n) is 3.92. The lowest BCUT2D eigenvalue weighted by atomic mass is 9.95. The van der Waals surface area contributed by atoms with Crippen molar-refractivity contribution in [1.82, 2.24) is 20.2 Å². The van der Waals surface area contributed by atoms with E-state index in [1.807, 2.05) is 54.6 Å². The van der Waals surface area contributed by atoms with E-state index in [2.05, 4.69) is 30.4 Å². The molecule has 1 saturated heterocycles. The molecule has 0 saturated carbocycles. The Kier molecular flexibility index (Phi) is 4.85. The van der Waals surface area contributed by atoms with E-state index < -0.39 is 0 Å². The van der Waals surface area contributed by atoms with Crippen LogP contribution in [0.4, 0.5) is 11.5 Å². The predicted octanol–water partition coefficient (Wildman–Crippen LogP) is 3.88. The molecule has 0 aliphatic carbocycles. The molecule has 2 N–H and O–H groups in total. The number of amides is 1. The Bertz CT molecular complexity index is 1160. The summed E-state index contributed by atoms with van der Waals surface area (Å²) in [6.45, 7) is 1.59. The Labute approximate surface area is 174 Å². The zero-order chi connectivity index (χ0) is 20.3. The van der Waals surface area contributed by atoms with Crippen molar-refractivity contribution < 1.29 is 4.79 Å². The van der Waals surface area contributed by atoms with Gasteiger partial charge in [-0.15, -0.1) is 0 Å². The molecule has 2 aromatic heterocycles. The van der Waals surface area contributed by atoms with Gasteiger partial charge in [0.2, 0.25) is 5.91 Å². The molecule has 2 aromatic carbocycles. The number of nitrogens with one attached hydrogen (secondary N) is 2. The zero-order valence-electron chi connectivity index (χ0n) is 16.5. The van der Waals surface area contributed by atoms with Crippen LogP contribution >= 0.6 is 0 Å². The number of carbonyl (C=O) groups excluding carboxylic acids is 1. The third kappa shape index (κ3) is 3.74. The van der Waals surface area contributed by atoms with Crippen LogP contribution in [0.2, 0.25) is 0 Å². The van der Waals surface area contributed by atoms with Gasteiger partial charge in [-0.3, -0.25) is 9.89 Å². The molecule has 0 spiro atoms. The highest BCUT2D eigenvalue weighted by Gasteiger charge is 2.26. The summed E-state index contributed by atoms with van der Waals surface area (Å²) in [5, 5.41) is 11.0. The summed E-state index contributed by atoms with van der Waals surface area (Å²) in [5.41, 5.74) is 3.70. The first kappa shape index (κ1) is 18.3. The minimum Gasteiger partial charge on any atom is -0.356 e. The number of piperidine rings is 1. The van der Waals surface area contributed by atoms with Crippen LogP contribution in [-0.2, 0) is 4.79 Å². The van der Waals surface area contributed by atoms with Gasteiger partial charge in [0.25, 0.3) is 0 Å². The fraction of sp³-hybridized carbons (Fsp3) is 0.217. The first-order valence-corrected chi connectivity index (χ1v) is 10.1. The summed E-state index contributed by atoms with van der Waals surface area (Å²) in [5.74, 6) is 0.975. The van der Waals surface area contributed by atoms with Crippen LogP contribution in [0.15, 0.2) is 67.1 Å². The molecule has 7 heteroatoms. The van der Waals surface area contributed by atoms with Crippen molar-refractivity contribution in [2.24, 2.45) is 5.92 Å². The van der Waals surface area contributed by atoms with Gasteiger partial charge in [0.05, 0.1) is 17.4 Å². The Morgan fingerprint density at radius 1 is 1.03 bits per heavy atom. The lowest BCUT2D eigenvalue weighted by Gasteiger charge is -2.32. The number of hydrogen-bond acceptors (Lipinski definition) is 5. The SMILES string of the molecule is O=C(Nc1ccc2cn[nH]c2c1)C1CCN(c2cc(-c3ccccc3)ncn2)CC1. The van der Waals surface area contributed by atoms with E-state index in [0.717, 1.165) is 59.6 Å². The molecule has 3 heterocycles. The topological polar surface area (TPSA) is 86.8 Å². The van der Waals surface area contributed by atoms with Crippen LogP contribution in [0.5, 0.6) is 0 Å². The van der Waals surface area contributed by atoms with Crippen LogP contribution in [0.3, 0.4) is 0 Å². The van der Waals surface area contributed by atoms with Gasteiger partial charge in [-0.25, -0.2) is 9.97 Å². The van der Waals surface area contributed by atoms with E-state index in [1.165, 1.54) is 0 Å². The molecule has 1 amide bonds. The monoisotopic (exact) mass is 398 g/mol. The first-order valence-electron chi connectivity index (χ1n) is 10.1. The van der Waals surface area contributed by atoms with E-state index in [9.17, 15) is 4.79 Å². The van der Waals surface area contributed by atoms with Crippen LogP contribution < -0.4 is 10.2 Å². The third-order valence-electron chi connectivity index (χ3n) is 5.62. The highest BCUT2D eigenvalue weighted by molar-refractivity contribution is 5.95. The van der Waals surface area contributed by atoms with Crippen molar-refractivity contribution in [3.05, 3.63) is 67.1 Å². The second-order valence-corrected chi connectivity index (χ2v) is 7.55. The highest BCUT2D eigenvalue weighted by atomic mass is 16.1. The smallest absolute Gasteiger partial charge is 0.227 e. The predicted molar refractivity (Wildman–Crippen MR) is 117 cm³/mol. The minimum atomic E-state index is -0.00542. The maximum absolute atomic E-state index is 12.7. The second-order valence-electron chi connectivity index (χ2n) is 7.55. The molecule has 0 bridgehead atoms. The normalized spacial score (nSPS) is 14.7. The largest absolute Gasteiger partial charge is 0.356 e. The lowest BCUT2D eigenvalue weighted by Crippen LogP contribution is -2.38. The summed E-state index contributed by atoms with van der Waals surface area (Å²) < 4.78 is 0. The van der Waals surface area contributed by atoms with Crippen molar-refractivity contribution >= 4 is 28.3 Å². The minimum absolute atomic E-state index is 0.00542. The van der Waals surface area contributed by atoms with Gasteiger partial charge >= 0.3 is 0 Å². The van der Waals surface area contributed by atoms with Gasteiger partial charge in [-0.05, 0) is 31.0 Å². The molecule has 1 aliphatic heterocycles. The van der Waals surface area contributed by atoms with Gasteiger partial charge < -0.3 is 10.2 Å². The van der Waals surface area contributed by atoms with E-state index in [-0.39, 0.29) is 11.8 Å². The molecule has 4 aromatic rings. The van der Waals surface area contributed by atoms with Gasteiger partial charge in [0.1, 0.15) is 12.1 Å². The van der Waals surface area contributed by atoms with Crippen molar-refractivity contribution in [3.63, 3.8) is 0 Å². The third-order valence-corrected chi connectivity index (χ3v) is 5.62. The Balaban J connectivity index is 1.22. The van der Waals surface area contributed by atoms with Crippen LogP contribution in [0, 0.1) is 5.92 Å². The Hall–Kier alpha value is -3.74. The summed E-state index contributed by atoms with van der Waals surface area (Å²) in [6, 6.07) is 17.9. The van der Waals surface area contributed by atoms with Gasteiger partial charge in [-0.2, -0.15) is 5.10 Å². The van der Waals surface area contributed by atoms with Crippen molar-refractivity contribution in [2.45, 2.75) is 12.8 Å². The van der Waals surface area contributed by atoms with Crippen molar-refractivity contribution in [3.8, 4) is 11.3 Å². The Morgan fingerprint density at radius 3 is 2.70 bits per heavy atom. The summed E-state index contributed by atoms with van der Waals surface area (Å²) in [6.07, 6.45) is 4.97. The van der Waals surface area contributed by atoms with Crippen molar-refractivity contribution in [1.29, 1.82) is 0 Å². The number of hydrogen-bond donors (Lipinski definition) is 2. The molecule has 1 aliphatic rings. The quantitative estimate of drug-likeness (QED) is 0.545. The molecule has 30 heavy (non-hydrogen) atoms. The van der Waals surface area contributed by atoms with Crippen LogP contribution in [-0.4, -0.2) is 39.2 Å². The average molecular weight is 398 g/mol. The van der Waals surface area contributed by atoms with Crippen LogP contribution in [0.1, 0.15) is 12.8 Å². The number of nitrogens with zero attached hydrogens (tertiary/aromatic N) is 4. The van der Waals surface area contributed by atoms with E-state index in [0.29, 0.717) is 0 Å². The second kappa shape index (κ2) is 7.94. The number of H-pyrrole nitrogens is 1. The molecule has 5 rings (SSSR count). The molecular weight excluding hydrogens is 376 g/mol. The first-order chi connectivity index (χ1) is 14.8. The summed E-state index contributed by atoms with van der Waals surface area (Å²) in [4.78, 5) is 23.8. The van der Waals surface area contributed by atoms with Gasteiger partial charge in [0, 0.05) is 41.7 Å². The number of fused-ring (bicyclic) bond motifs is 1. The molecule has 7 nitrogen and oxygen atoms in total. The number of benzene rings is 2. The standard InChI is InChI=1S/C23H22N6O/c30-23(27-19-7-6-18-14-26-28-21(18)12-19)17-8-10-29(11-9-17)22-13-20(24-15-25-22)16-4-2-1-3-5-16/h1-7,12-15,17H,8-11H2,(H,26,28)(H,27,30). The van der Waals surface area contributed by atoms with Gasteiger partial charge in [-0.1, -0.05) is 30.3 Å². The molecular formula is C23H22N6O. The number of carbonyl (C=O) groups is 1. The highest BCUT2D eigenvalue weighted by Crippen LogP contribution is 2.26. The maximum Gasteiger partial charge on any atom is 0.227 e. The maximum atomic E-state index is 12.7. The summed E-state index contributed by atoms with van der Waals surface area (Å²) in [7, 11) is 0. The molecule has 0 radical (unpaired) electrons. The van der Waals surface area contributed by atoms with Crippen molar-refractivity contribution in [2.75, 3.05) is 23.3 Å². The van der Waals surface area contributed by atoms with Gasteiger partial charge in [0.15, 0.2) is 0 Å². The Morgan fingerprint density at radius 2 is 1.87 bits per heavy atom. The average Bonchev–Trinajstić information content (AvgIpc) is 3.28. The molecule has 150 valence electrons. The summed E-state index contributed by atoms with van der Waals surface area (Å²) >= 11 is 0. The lowest BCUT2D eigenvalue weighted by molar-refractivity contribution is -0.120. The zero-order valence-corrected chi connectivity index (χ0v) is 16.5. The number of aromatic amines is 1. The fourth-order valence-corrected chi connectivity index (χ4v) is 3.92. The molecule has 0 unspecified atom stereocenters. The van der Waals surface area contributed by atoms with Crippen LogP contribution in [0.25, 0.3) is 22.2 Å².